The zero-order valence-corrected chi connectivity index (χ0v) is 9.94. The van der Waals surface area contributed by atoms with E-state index in [0.717, 1.165) is 25.1 Å². The van der Waals surface area contributed by atoms with Gasteiger partial charge in [0, 0.05) is 34.1 Å². The third kappa shape index (κ3) is 2.39. The van der Waals surface area contributed by atoms with E-state index < -0.39 is 10.8 Å². The van der Waals surface area contributed by atoms with E-state index in [0.29, 0.717) is 10.5 Å². The van der Waals surface area contributed by atoms with Gasteiger partial charge in [-0.3, -0.25) is 4.21 Å². The van der Waals surface area contributed by atoms with Gasteiger partial charge in [0.2, 0.25) is 0 Å². The molecule has 1 aliphatic rings. The molecule has 16 heavy (non-hydrogen) atoms. The number of hydrogen-bond acceptors (Lipinski definition) is 2. The monoisotopic (exact) mass is 239 g/mol. The second kappa shape index (κ2) is 4.89. The van der Waals surface area contributed by atoms with Crippen LogP contribution in [0.2, 0.25) is 0 Å². The number of rotatable bonds is 2. The molecule has 1 aromatic rings. The van der Waals surface area contributed by atoms with Crippen molar-refractivity contribution in [2.75, 3.05) is 19.3 Å². The Balaban J connectivity index is 2.35. The van der Waals surface area contributed by atoms with E-state index >= 15 is 0 Å². The van der Waals surface area contributed by atoms with Crippen LogP contribution in [0.4, 0.5) is 4.39 Å². The van der Waals surface area contributed by atoms with Crippen LogP contribution in [0.5, 0.6) is 0 Å². The van der Waals surface area contributed by atoms with Crippen molar-refractivity contribution in [1.82, 2.24) is 5.32 Å². The SMILES string of the molecule is CS(=O)c1ccc(C2=CCNCC2)c(F)c1. The van der Waals surface area contributed by atoms with Crippen LogP contribution >= 0.6 is 0 Å². The van der Waals surface area contributed by atoms with Crippen LogP contribution in [-0.2, 0) is 10.8 Å². The van der Waals surface area contributed by atoms with Crippen LogP contribution in [0.15, 0.2) is 29.2 Å². The first kappa shape index (κ1) is 11.5. The standard InChI is InChI=1S/C12H14FNOS/c1-16(15)10-2-3-11(12(13)8-10)9-4-6-14-7-5-9/h2-4,8,14H,5-7H2,1H3. The molecule has 0 aromatic heterocycles. The van der Waals surface area contributed by atoms with E-state index in [4.69, 9.17) is 0 Å². The Morgan fingerprint density at radius 2 is 2.25 bits per heavy atom. The molecule has 0 spiro atoms. The normalized spacial score (nSPS) is 18.0. The van der Waals surface area contributed by atoms with Crippen LogP contribution in [0, 0.1) is 5.82 Å². The summed E-state index contributed by atoms with van der Waals surface area (Å²) in [4.78, 5) is 0.538. The second-order valence-electron chi connectivity index (χ2n) is 3.78. The fourth-order valence-corrected chi connectivity index (χ4v) is 2.33. The van der Waals surface area contributed by atoms with E-state index in [-0.39, 0.29) is 5.82 Å². The zero-order valence-electron chi connectivity index (χ0n) is 9.13. The largest absolute Gasteiger partial charge is 0.313 e. The average Bonchev–Trinajstić information content (AvgIpc) is 2.30. The van der Waals surface area contributed by atoms with Gasteiger partial charge < -0.3 is 5.32 Å². The third-order valence-electron chi connectivity index (χ3n) is 2.68. The summed E-state index contributed by atoms with van der Waals surface area (Å²) in [6, 6.07) is 4.83. The van der Waals surface area contributed by atoms with Gasteiger partial charge >= 0.3 is 0 Å². The first-order valence-electron chi connectivity index (χ1n) is 5.21. The molecule has 4 heteroatoms. The van der Waals surface area contributed by atoms with Gasteiger partial charge in [0.05, 0.1) is 0 Å². The molecule has 2 nitrogen and oxygen atoms in total. The summed E-state index contributed by atoms with van der Waals surface area (Å²) in [6.07, 6.45) is 4.40. The minimum absolute atomic E-state index is 0.277. The van der Waals surface area contributed by atoms with Crippen molar-refractivity contribution in [3.05, 3.63) is 35.7 Å². The number of hydrogen-bond donors (Lipinski definition) is 1. The topological polar surface area (TPSA) is 29.1 Å². The summed E-state index contributed by atoms with van der Waals surface area (Å²) in [5, 5.41) is 3.19. The molecule has 0 radical (unpaired) electrons. The Morgan fingerprint density at radius 3 is 2.81 bits per heavy atom. The van der Waals surface area contributed by atoms with Crippen molar-refractivity contribution in [3.63, 3.8) is 0 Å². The predicted octanol–water partition coefficient (Wildman–Crippen LogP) is 1.94. The van der Waals surface area contributed by atoms with Crippen molar-refractivity contribution in [1.29, 1.82) is 0 Å². The van der Waals surface area contributed by atoms with Crippen LogP contribution in [0.25, 0.3) is 5.57 Å². The molecule has 0 fully saturated rings. The molecule has 0 bridgehead atoms. The van der Waals surface area contributed by atoms with Crippen molar-refractivity contribution in [2.24, 2.45) is 0 Å². The van der Waals surface area contributed by atoms with E-state index in [1.54, 1.807) is 18.4 Å². The van der Waals surface area contributed by atoms with Crippen molar-refractivity contribution in [2.45, 2.75) is 11.3 Å². The molecule has 0 aliphatic carbocycles. The molecule has 1 heterocycles. The first-order valence-corrected chi connectivity index (χ1v) is 6.77. The van der Waals surface area contributed by atoms with Crippen molar-refractivity contribution >= 4 is 16.4 Å². The zero-order chi connectivity index (χ0) is 11.5. The van der Waals surface area contributed by atoms with E-state index in [1.165, 1.54) is 6.07 Å². The minimum Gasteiger partial charge on any atom is -0.313 e. The van der Waals surface area contributed by atoms with E-state index in [9.17, 15) is 8.60 Å². The molecule has 1 unspecified atom stereocenters. The highest BCUT2D eigenvalue weighted by Gasteiger charge is 2.11. The Bertz CT molecular complexity index is 456. The maximum atomic E-state index is 13.8. The molecule has 1 aromatic carbocycles. The molecule has 0 amide bonds. The lowest BCUT2D eigenvalue weighted by Gasteiger charge is -2.15. The highest BCUT2D eigenvalue weighted by Crippen LogP contribution is 2.24. The van der Waals surface area contributed by atoms with Gasteiger partial charge in [-0.05, 0) is 30.7 Å². The lowest BCUT2D eigenvalue weighted by Crippen LogP contribution is -2.20. The maximum Gasteiger partial charge on any atom is 0.131 e. The number of nitrogens with one attached hydrogen (secondary N) is 1. The summed E-state index contributed by atoms with van der Waals surface area (Å²) in [7, 11) is -1.12. The highest BCUT2D eigenvalue weighted by atomic mass is 32.2. The molecule has 86 valence electrons. The van der Waals surface area contributed by atoms with Gasteiger partial charge in [-0.25, -0.2) is 4.39 Å². The number of halogens is 1. The van der Waals surface area contributed by atoms with Crippen LogP contribution in [0.1, 0.15) is 12.0 Å². The van der Waals surface area contributed by atoms with Crippen molar-refractivity contribution in [3.8, 4) is 0 Å². The van der Waals surface area contributed by atoms with Crippen molar-refractivity contribution < 1.29 is 8.60 Å². The Morgan fingerprint density at radius 1 is 1.44 bits per heavy atom. The quantitative estimate of drug-likeness (QED) is 0.854. The second-order valence-corrected chi connectivity index (χ2v) is 5.16. The lowest BCUT2D eigenvalue weighted by molar-refractivity contribution is 0.616. The fraction of sp³-hybridized carbons (Fsp3) is 0.333. The van der Waals surface area contributed by atoms with Gasteiger partial charge in [-0.15, -0.1) is 0 Å². The van der Waals surface area contributed by atoms with Crippen LogP contribution in [0.3, 0.4) is 0 Å². The molecule has 1 aliphatic heterocycles. The maximum absolute atomic E-state index is 13.8. The van der Waals surface area contributed by atoms with E-state index in [2.05, 4.69) is 5.32 Å². The number of benzene rings is 1. The average molecular weight is 239 g/mol. The molecule has 0 saturated heterocycles. The smallest absolute Gasteiger partial charge is 0.131 e. The molecule has 1 N–H and O–H groups in total. The summed E-state index contributed by atoms with van der Waals surface area (Å²) in [6.45, 7) is 1.67. The first-order chi connectivity index (χ1) is 7.68. The fourth-order valence-electron chi connectivity index (χ4n) is 1.80. The summed E-state index contributed by atoms with van der Waals surface area (Å²) in [5.74, 6) is -0.277. The van der Waals surface area contributed by atoms with Gasteiger partial charge in [0.25, 0.3) is 0 Å². The molecular formula is C12H14FNOS. The van der Waals surface area contributed by atoms with Gasteiger partial charge in [-0.2, -0.15) is 0 Å². The summed E-state index contributed by atoms with van der Waals surface area (Å²) >= 11 is 0. The summed E-state index contributed by atoms with van der Waals surface area (Å²) < 4.78 is 25.0. The Hall–Kier alpha value is -1.00. The molecule has 2 rings (SSSR count). The Kier molecular flexibility index (Phi) is 3.51. The predicted molar refractivity (Wildman–Crippen MR) is 64.2 cm³/mol. The van der Waals surface area contributed by atoms with E-state index in [1.807, 2.05) is 6.08 Å². The van der Waals surface area contributed by atoms with Gasteiger partial charge in [0.1, 0.15) is 5.82 Å². The molecule has 1 atom stereocenters. The Labute approximate surface area is 97.0 Å². The third-order valence-corrected chi connectivity index (χ3v) is 3.60. The van der Waals surface area contributed by atoms with Gasteiger partial charge in [0.15, 0.2) is 0 Å². The summed E-state index contributed by atoms with van der Waals surface area (Å²) in [5.41, 5.74) is 1.67. The molecule has 0 saturated carbocycles. The minimum atomic E-state index is -1.12. The van der Waals surface area contributed by atoms with Crippen LogP contribution < -0.4 is 5.32 Å². The van der Waals surface area contributed by atoms with Crippen LogP contribution in [-0.4, -0.2) is 23.6 Å². The molecular weight excluding hydrogens is 225 g/mol. The van der Waals surface area contributed by atoms with Gasteiger partial charge in [-0.1, -0.05) is 12.1 Å². The lowest BCUT2D eigenvalue weighted by atomic mass is 10.00. The highest BCUT2D eigenvalue weighted by molar-refractivity contribution is 7.84.